The summed E-state index contributed by atoms with van der Waals surface area (Å²) >= 11 is 0. The molecule has 4 heteroatoms. The van der Waals surface area contributed by atoms with Crippen LogP contribution in [0.3, 0.4) is 0 Å². The Labute approximate surface area is 109 Å². The van der Waals surface area contributed by atoms with Gasteiger partial charge >= 0.3 is 0 Å². The van der Waals surface area contributed by atoms with Crippen molar-refractivity contribution in [2.24, 2.45) is 5.92 Å². The summed E-state index contributed by atoms with van der Waals surface area (Å²) in [5.41, 5.74) is 0. The minimum absolute atomic E-state index is 0.206. The molecule has 18 heavy (non-hydrogen) atoms. The summed E-state index contributed by atoms with van der Waals surface area (Å²) in [5.74, 6) is 0.206. The van der Waals surface area contributed by atoms with E-state index in [2.05, 4.69) is 16.5 Å². The average Bonchev–Trinajstić information content (AvgIpc) is 2.80. The molecule has 4 nitrogen and oxygen atoms in total. The molecule has 1 saturated carbocycles. The van der Waals surface area contributed by atoms with Gasteiger partial charge in [-0.05, 0) is 31.9 Å². The Morgan fingerprint density at radius 1 is 1.33 bits per heavy atom. The van der Waals surface area contributed by atoms with Crippen molar-refractivity contribution in [3.8, 4) is 6.07 Å². The Bertz CT molecular complexity index is 366. The van der Waals surface area contributed by atoms with Gasteiger partial charge in [0.25, 0.3) is 0 Å². The van der Waals surface area contributed by atoms with Crippen LogP contribution in [0.25, 0.3) is 0 Å². The van der Waals surface area contributed by atoms with E-state index < -0.39 is 0 Å². The average molecular weight is 246 g/mol. The van der Waals surface area contributed by atoms with Gasteiger partial charge < -0.3 is 5.32 Å². The molecule has 0 spiro atoms. The fraction of sp³-hybridized carbons (Fsp3) is 0.714. The quantitative estimate of drug-likeness (QED) is 0.641. The summed E-state index contributed by atoms with van der Waals surface area (Å²) in [7, 11) is 0. The minimum Gasteiger partial charge on any atom is -0.313 e. The second kappa shape index (κ2) is 7.17. The topological polar surface area (TPSA) is 53.6 Å². The lowest BCUT2D eigenvalue weighted by molar-refractivity contribution is 0.385. The smallest absolute Gasteiger partial charge is 0.0672 e. The summed E-state index contributed by atoms with van der Waals surface area (Å²) in [4.78, 5) is 0. The van der Waals surface area contributed by atoms with Gasteiger partial charge in [-0.15, -0.1) is 0 Å². The number of nitriles is 1. The molecule has 1 N–H and O–H groups in total. The SMILES string of the molecule is N#CC1CCCCCC1NCCCn1cccn1. The van der Waals surface area contributed by atoms with E-state index >= 15 is 0 Å². The summed E-state index contributed by atoms with van der Waals surface area (Å²) in [6.45, 7) is 1.92. The lowest BCUT2D eigenvalue weighted by atomic mass is 9.96. The van der Waals surface area contributed by atoms with Gasteiger partial charge in [0, 0.05) is 25.0 Å². The van der Waals surface area contributed by atoms with Crippen molar-refractivity contribution in [3.63, 3.8) is 0 Å². The molecule has 0 aliphatic heterocycles. The van der Waals surface area contributed by atoms with Gasteiger partial charge in [-0.2, -0.15) is 10.4 Å². The first-order valence-electron chi connectivity index (χ1n) is 7.00. The van der Waals surface area contributed by atoms with E-state index in [0.29, 0.717) is 6.04 Å². The van der Waals surface area contributed by atoms with Crippen LogP contribution >= 0.6 is 0 Å². The van der Waals surface area contributed by atoms with E-state index in [-0.39, 0.29) is 5.92 Å². The van der Waals surface area contributed by atoms with Crippen LogP contribution in [0.15, 0.2) is 18.5 Å². The molecule has 0 saturated heterocycles. The fourth-order valence-electron chi connectivity index (χ4n) is 2.67. The first-order chi connectivity index (χ1) is 8.90. The molecular weight excluding hydrogens is 224 g/mol. The molecule has 1 heterocycles. The molecule has 1 aliphatic carbocycles. The molecule has 0 radical (unpaired) electrons. The van der Waals surface area contributed by atoms with Gasteiger partial charge in [-0.1, -0.05) is 19.3 Å². The highest BCUT2D eigenvalue weighted by Gasteiger charge is 2.22. The second-order valence-electron chi connectivity index (χ2n) is 5.06. The van der Waals surface area contributed by atoms with Gasteiger partial charge in [-0.3, -0.25) is 4.68 Å². The van der Waals surface area contributed by atoms with Gasteiger partial charge in [0.1, 0.15) is 0 Å². The molecule has 1 aromatic rings. The Hall–Kier alpha value is -1.34. The van der Waals surface area contributed by atoms with Crippen molar-refractivity contribution in [2.45, 2.75) is 51.1 Å². The fourth-order valence-corrected chi connectivity index (χ4v) is 2.67. The summed E-state index contributed by atoms with van der Waals surface area (Å²) in [6.07, 6.45) is 10.8. The minimum atomic E-state index is 0.206. The highest BCUT2D eigenvalue weighted by molar-refractivity contribution is 4.93. The van der Waals surface area contributed by atoms with Crippen molar-refractivity contribution in [3.05, 3.63) is 18.5 Å². The zero-order valence-electron chi connectivity index (χ0n) is 10.9. The molecular formula is C14H22N4. The number of aromatic nitrogens is 2. The normalized spacial score (nSPS) is 24.4. The van der Waals surface area contributed by atoms with Crippen LogP contribution in [0.4, 0.5) is 0 Å². The van der Waals surface area contributed by atoms with Crippen LogP contribution in [-0.2, 0) is 6.54 Å². The monoisotopic (exact) mass is 246 g/mol. The Kier molecular flexibility index (Phi) is 5.22. The van der Waals surface area contributed by atoms with E-state index in [1.54, 1.807) is 0 Å². The van der Waals surface area contributed by atoms with Gasteiger partial charge in [0.2, 0.25) is 0 Å². The van der Waals surface area contributed by atoms with Gasteiger partial charge in [-0.25, -0.2) is 0 Å². The van der Waals surface area contributed by atoms with E-state index in [0.717, 1.165) is 32.4 Å². The molecule has 0 amide bonds. The van der Waals surface area contributed by atoms with E-state index in [4.69, 9.17) is 0 Å². The van der Waals surface area contributed by atoms with Crippen molar-refractivity contribution >= 4 is 0 Å². The number of hydrogen-bond acceptors (Lipinski definition) is 3. The van der Waals surface area contributed by atoms with Crippen molar-refractivity contribution < 1.29 is 0 Å². The van der Waals surface area contributed by atoms with E-state index in [9.17, 15) is 5.26 Å². The molecule has 1 aliphatic rings. The lowest BCUT2D eigenvalue weighted by Gasteiger charge is -2.20. The maximum absolute atomic E-state index is 9.19. The van der Waals surface area contributed by atoms with Crippen LogP contribution in [0.2, 0.25) is 0 Å². The maximum Gasteiger partial charge on any atom is 0.0672 e. The largest absolute Gasteiger partial charge is 0.313 e. The third-order valence-corrected chi connectivity index (χ3v) is 3.71. The van der Waals surface area contributed by atoms with Crippen LogP contribution in [0.1, 0.15) is 38.5 Å². The predicted octanol–water partition coefficient (Wildman–Crippen LogP) is 2.34. The van der Waals surface area contributed by atoms with Crippen LogP contribution in [-0.4, -0.2) is 22.4 Å². The summed E-state index contributed by atoms with van der Waals surface area (Å²) in [6, 6.07) is 4.82. The standard InChI is InChI=1S/C14H22N4/c15-12-13-6-2-1-3-7-14(13)16-8-4-10-18-11-5-9-17-18/h5,9,11,13-14,16H,1-4,6-8,10H2. The van der Waals surface area contributed by atoms with Crippen molar-refractivity contribution in [1.82, 2.24) is 15.1 Å². The molecule has 2 unspecified atom stereocenters. The highest BCUT2D eigenvalue weighted by Crippen LogP contribution is 2.22. The number of hydrogen-bond donors (Lipinski definition) is 1. The molecule has 0 bridgehead atoms. The highest BCUT2D eigenvalue weighted by atomic mass is 15.3. The predicted molar refractivity (Wildman–Crippen MR) is 70.8 cm³/mol. The third kappa shape index (κ3) is 3.85. The van der Waals surface area contributed by atoms with E-state index in [1.807, 2.05) is 23.1 Å². The molecule has 0 aromatic carbocycles. The maximum atomic E-state index is 9.19. The lowest BCUT2D eigenvalue weighted by Crippen LogP contribution is -2.35. The first-order valence-corrected chi connectivity index (χ1v) is 7.00. The first kappa shape index (κ1) is 13.1. The molecule has 2 rings (SSSR count). The van der Waals surface area contributed by atoms with E-state index in [1.165, 1.54) is 19.3 Å². The Balaban J connectivity index is 1.69. The molecule has 1 aromatic heterocycles. The zero-order chi connectivity index (χ0) is 12.6. The molecule has 1 fully saturated rings. The Morgan fingerprint density at radius 3 is 3.00 bits per heavy atom. The summed E-state index contributed by atoms with van der Waals surface area (Å²) in [5, 5.41) is 16.9. The van der Waals surface area contributed by atoms with Crippen LogP contribution < -0.4 is 5.32 Å². The molecule has 2 atom stereocenters. The molecule has 98 valence electrons. The Morgan fingerprint density at radius 2 is 2.22 bits per heavy atom. The number of nitrogens with one attached hydrogen (secondary N) is 1. The number of rotatable bonds is 5. The third-order valence-electron chi connectivity index (χ3n) is 3.71. The number of nitrogens with zero attached hydrogens (tertiary/aromatic N) is 3. The number of aryl methyl sites for hydroxylation is 1. The second-order valence-corrected chi connectivity index (χ2v) is 5.06. The van der Waals surface area contributed by atoms with Crippen molar-refractivity contribution in [1.29, 1.82) is 5.26 Å². The zero-order valence-corrected chi connectivity index (χ0v) is 10.9. The van der Waals surface area contributed by atoms with Gasteiger partial charge in [0.15, 0.2) is 0 Å². The van der Waals surface area contributed by atoms with Gasteiger partial charge in [0.05, 0.1) is 12.0 Å². The van der Waals surface area contributed by atoms with Crippen molar-refractivity contribution in [2.75, 3.05) is 6.54 Å². The van der Waals surface area contributed by atoms with Crippen LogP contribution in [0.5, 0.6) is 0 Å². The summed E-state index contributed by atoms with van der Waals surface area (Å²) < 4.78 is 1.95. The van der Waals surface area contributed by atoms with Crippen LogP contribution in [0, 0.1) is 17.2 Å².